The second-order valence-corrected chi connectivity index (χ2v) is 10.8. The van der Waals surface area contributed by atoms with Crippen molar-refractivity contribution in [1.82, 2.24) is 39.0 Å². The van der Waals surface area contributed by atoms with Gasteiger partial charge in [-0.05, 0) is 56.1 Å². The van der Waals surface area contributed by atoms with Crippen molar-refractivity contribution >= 4 is 13.1 Å². The maximum atomic E-state index is 9.87. The number of nitrogens with zero attached hydrogens (tertiary/aromatic N) is 7. The van der Waals surface area contributed by atoms with Crippen molar-refractivity contribution in [3.63, 3.8) is 0 Å². The fourth-order valence-corrected chi connectivity index (χ4v) is 5.39. The fraction of sp³-hybridized carbons (Fsp3) is 0.114. The molecule has 0 aliphatic rings. The van der Waals surface area contributed by atoms with Gasteiger partial charge in [-0.1, -0.05) is 91.0 Å². The van der Waals surface area contributed by atoms with Crippen molar-refractivity contribution in [3.8, 4) is 33.8 Å². The van der Waals surface area contributed by atoms with Crippen LogP contribution in [0.15, 0.2) is 122 Å². The van der Waals surface area contributed by atoms with Gasteiger partial charge in [0.05, 0.1) is 29.4 Å². The van der Waals surface area contributed by atoms with Gasteiger partial charge < -0.3 is 33.8 Å². The molecule has 13 heteroatoms. The summed E-state index contributed by atoms with van der Waals surface area (Å²) in [7, 11) is -0.555. The van der Waals surface area contributed by atoms with Gasteiger partial charge in [-0.2, -0.15) is 0 Å². The topological polar surface area (TPSA) is 142 Å². The number of carboxylic acid groups (broad SMARTS) is 1. The third-order valence-corrected chi connectivity index (χ3v) is 7.66. The monoisotopic (exact) mass is 690 g/mol. The molecule has 238 valence electrons. The number of aliphatic hydroxyl groups is 1. The molecule has 7 rings (SSSR count). The molecule has 0 saturated heterocycles. The average Bonchev–Trinajstić information content (AvgIpc) is 3.93. The largest absolute Gasteiger partial charge is 2.00 e. The fourth-order valence-electron chi connectivity index (χ4n) is 5.39. The number of benzene rings is 3. The zero-order valence-corrected chi connectivity index (χ0v) is 30.3. The third kappa shape index (κ3) is 7.94. The number of aromatic nitrogens is 8. The Bertz CT molecular complexity index is 1830. The molecule has 4 heterocycles. The molecule has 0 atom stereocenters. The number of H-pyrrole nitrogens is 1. The molecule has 0 radical (unpaired) electrons. The van der Waals surface area contributed by atoms with Gasteiger partial charge in [-0.3, -0.25) is 0 Å². The van der Waals surface area contributed by atoms with Crippen LogP contribution >= 0.6 is 0 Å². The van der Waals surface area contributed by atoms with Gasteiger partial charge in [0, 0.05) is 30.0 Å². The zero-order valence-electron chi connectivity index (χ0n) is 27.4. The second kappa shape index (κ2) is 16.4. The van der Waals surface area contributed by atoms with Crippen LogP contribution in [0.4, 0.5) is 0 Å². The summed E-state index contributed by atoms with van der Waals surface area (Å²) in [5.74, 6) is -1.26. The number of aromatic carboxylic acids is 1. The van der Waals surface area contributed by atoms with E-state index < -0.39 is 13.1 Å². The Morgan fingerprint density at radius 2 is 0.979 bits per heavy atom. The Morgan fingerprint density at radius 3 is 1.23 bits per heavy atom. The van der Waals surface area contributed by atoms with E-state index in [0.717, 1.165) is 58.0 Å². The van der Waals surface area contributed by atoms with E-state index in [1.807, 2.05) is 54.6 Å². The first-order valence-corrected chi connectivity index (χ1v) is 15.1. The molecular formula is C35H35BN8O3Zn. The standard InChI is InChI=1S/C30H28BN6.C4H4N2O2.CH4O.Zn/c1-22-19-28(25-13-7-4-8-14-25)32-35(22)31(36-23(2)20-29(33-36)26-15-9-5-10-16-26)37-24(3)21-30(34-37)27-17-11-6-12-18-27;7-4(8)3-1-5-2-6-3;1-2;/h4-21,31H,1-3H3;1-2H,(H,5,6)(H,7,8);2H,1H3;/q-1;;;+2/p-1. The van der Waals surface area contributed by atoms with Gasteiger partial charge in [0.25, 0.3) is 0 Å². The predicted molar refractivity (Wildman–Crippen MR) is 182 cm³/mol. The van der Waals surface area contributed by atoms with Gasteiger partial charge in [0.1, 0.15) is 5.69 Å². The number of aryl methyl sites for hydroxylation is 3. The number of hydrogen-bond donors (Lipinski definition) is 2. The summed E-state index contributed by atoms with van der Waals surface area (Å²) in [6.45, 7) is 6.31. The minimum Gasteiger partial charge on any atom is -0.543 e. The van der Waals surface area contributed by atoms with Crippen LogP contribution in [0.5, 0.6) is 0 Å². The minimum atomic E-state index is -1.55. The van der Waals surface area contributed by atoms with E-state index in [1.165, 1.54) is 12.5 Å². The molecule has 0 saturated carbocycles. The van der Waals surface area contributed by atoms with Crippen molar-refractivity contribution in [2.45, 2.75) is 20.8 Å². The predicted octanol–water partition coefficient (Wildman–Crippen LogP) is 4.24. The normalized spacial score (nSPS) is 10.4. The molecular weight excluding hydrogens is 657 g/mol. The molecule has 7 aromatic rings. The number of imidazole rings is 1. The number of carboxylic acids is 1. The summed E-state index contributed by atoms with van der Waals surface area (Å²) in [4.78, 5) is 15.7. The van der Waals surface area contributed by atoms with E-state index in [2.05, 4.69) is 99.1 Å². The maximum absolute atomic E-state index is 9.87. The summed E-state index contributed by atoms with van der Waals surface area (Å²) in [6, 6.07) is 37.3. The molecule has 0 unspecified atom stereocenters. The molecule has 2 N–H and O–H groups in total. The molecule has 0 aliphatic carbocycles. The zero-order chi connectivity index (χ0) is 33.3. The summed E-state index contributed by atoms with van der Waals surface area (Å²) >= 11 is 0. The second-order valence-electron chi connectivity index (χ2n) is 10.8. The summed E-state index contributed by atoms with van der Waals surface area (Å²) in [5.41, 5.74) is 9.21. The van der Waals surface area contributed by atoms with Gasteiger partial charge >= 0.3 is 26.6 Å². The van der Waals surface area contributed by atoms with E-state index in [9.17, 15) is 9.90 Å². The average molecular weight is 692 g/mol. The van der Waals surface area contributed by atoms with Crippen LogP contribution < -0.4 is 5.11 Å². The SMILES string of the molecule is CO.Cc1cc(-c2ccccc2)nn1[BH-](n1nc(-c2ccccc2)cc1C)n1nc(-c2ccccc2)cc1C.O=C([O-])c1c[nH]cn1.[Zn+2]. The van der Waals surface area contributed by atoms with Crippen molar-refractivity contribution in [2.24, 2.45) is 0 Å². The molecule has 3 aromatic carbocycles. The van der Waals surface area contributed by atoms with Crippen LogP contribution in [-0.4, -0.2) is 64.3 Å². The Morgan fingerprint density at radius 1 is 0.646 bits per heavy atom. The summed E-state index contributed by atoms with van der Waals surface area (Å²) in [5, 5.41) is 32.2. The van der Waals surface area contributed by atoms with E-state index in [4.69, 9.17) is 20.4 Å². The van der Waals surface area contributed by atoms with Crippen LogP contribution in [0.25, 0.3) is 33.8 Å². The van der Waals surface area contributed by atoms with Crippen LogP contribution in [0, 0.1) is 20.8 Å². The van der Waals surface area contributed by atoms with Crippen LogP contribution in [0.2, 0.25) is 0 Å². The Balaban J connectivity index is 0.000000412. The maximum Gasteiger partial charge on any atom is 2.00 e. The first-order chi connectivity index (χ1) is 22.9. The molecule has 0 aliphatic heterocycles. The van der Waals surface area contributed by atoms with Gasteiger partial charge in [-0.25, -0.2) is 20.3 Å². The molecule has 0 bridgehead atoms. The van der Waals surface area contributed by atoms with E-state index >= 15 is 0 Å². The number of carbonyl (C=O) groups excluding carboxylic acids is 1. The van der Waals surface area contributed by atoms with E-state index in [1.54, 1.807) is 0 Å². The first-order valence-electron chi connectivity index (χ1n) is 15.1. The molecule has 0 spiro atoms. The molecule has 4 aromatic heterocycles. The number of nitrogens with one attached hydrogen (secondary N) is 1. The van der Waals surface area contributed by atoms with Gasteiger partial charge in [-0.15, -0.1) is 0 Å². The van der Waals surface area contributed by atoms with E-state index in [0.29, 0.717) is 0 Å². The minimum absolute atomic E-state index is 0. The smallest absolute Gasteiger partial charge is 0.543 e. The number of carbonyl (C=O) groups is 1. The Kier molecular flexibility index (Phi) is 12.2. The van der Waals surface area contributed by atoms with Crippen LogP contribution in [-0.2, 0) is 19.5 Å². The van der Waals surface area contributed by atoms with Gasteiger partial charge in [0.15, 0.2) is 0 Å². The third-order valence-electron chi connectivity index (χ3n) is 7.66. The molecule has 0 amide bonds. The first kappa shape index (κ1) is 35.5. The molecule has 48 heavy (non-hydrogen) atoms. The van der Waals surface area contributed by atoms with Gasteiger partial charge in [0.2, 0.25) is 0 Å². The molecule has 11 nitrogen and oxygen atoms in total. The van der Waals surface area contributed by atoms with Crippen molar-refractivity contribution in [2.75, 3.05) is 7.11 Å². The number of rotatable bonds is 7. The summed E-state index contributed by atoms with van der Waals surface area (Å²) in [6.07, 6.45) is 2.54. The Hall–Kier alpha value is -5.38. The van der Waals surface area contributed by atoms with Crippen molar-refractivity contribution in [1.29, 1.82) is 0 Å². The number of aliphatic hydroxyl groups excluding tert-OH is 1. The van der Waals surface area contributed by atoms with Crippen molar-refractivity contribution in [3.05, 3.63) is 144 Å². The quantitative estimate of drug-likeness (QED) is 0.238. The summed E-state index contributed by atoms with van der Waals surface area (Å²) < 4.78 is 6.31. The van der Waals surface area contributed by atoms with E-state index in [-0.39, 0.29) is 25.2 Å². The number of aromatic amines is 1. The van der Waals surface area contributed by atoms with Crippen LogP contribution in [0.3, 0.4) is 0 Å². The number of hydrogen-bond acceptors (Lipinski definition) is 7. The van der Waals surface area contributed by atoms with Crippen molar-refractivity contribution < 1.29 is 34.5 Å². The van der Waals surface area contributed by atoms with Crippen LogP contribution in [0.1, 0.15) is 27.6 Å². The Labute approximate surface area is 291 Å². The molecule has 0 fully saturated rings.